The van der Waals surface area contributed by atoms with E-state index < -0.39 is 0 Å². The van der Waals surface area contributed by atoms with E-state index in [1.165, 1.54) is 6.42 Å². The zero-order chi connectivity index (χ0) is 11.3. The fourth-order valence-electron chi connectivity index (χ4n) is 2.12. The Balaban J connectivity index is 2.37. The van der Waals surface area contributed by atoms with E-state index in [4.69, 9.17) is 9.84 Å². The van der Waals surface area contributed by atoms with Gasteiger partial charge in [0.05, 0.1) is 12.7 Å². The van der Waals surface area contributed by atoms with Gasteiger partial charge < -0.3 is 15.2 Å². The van der Waals surface area contributed by atoms with Crippen molar-refractivity contribution in [1.82, 2.24) is 10.2 Å². The normalized spacial score (nSPS) is 30.4. The van der Waals surface area contributed by atoms with E-state index in [9.17, 15) is 0 Å². The Morgan fingerprint density at radius 3 is 2.87 bits per heavy atom. The highest BCUT2D eigenvalue weighted by Crippen LogP contribution is 2.19. The second kappa shape index (κ2) is 6.43. The Labute approximate surface area is 92.6 Å². The summed E-state index contributed by atoms with van der Waals surface area (Å²) in [5.41, 5.74) is 0. The summed E-state index contributed by atoms with van der Waals surface area (Å²) in [4.78, 5) is 2.37. The van der Waals surface area contributed by atoms with Crippen molar-refractivity contribution in [3.05, 3.63) is 0 Å². The summed E-state index contributed by atoms with van der Waals surface area (Å²) in [6, 6.07) is 0.177. The van der Waals surface area contributed by atoms with Gasteiger partial charge in [-0.15, -0.1) is 0 Å². The number of hydrogen-bond acceptors (Lipinski definition) is 4. The standard InChI is InChI=1S/C11H24N2O2/c1-9-4-5-13(7-11(9)15-3)6-10(8-14)12-2/h9-12,14H,4-8H2,1-3H3. The minimum absolute atomic E-state index is 0.177. The number of aliphatic hydroxyl groups excluding tert-OH is 1. The van der Waals surface area contributed by atoms with E-state index in [0.29, 0.717) is 12.0 Å². The van der Waals surface area contributed by atoms with Gasteiger partial charge in [0.15, 0.2) is 0 Å². The molecule has 0 radical (unpaired) electrons. The van der Waals surface area contributed by atoms with Gasteiger partial charge >= 0.3 is 0 Å². The summed E-state index contributed by atoms with van der Waals surface area (Å²) in [6.07, 6.45) is 1.52. The highest BCUT2D eigenvalue weighted by Gasteiger charge is 2.26. The van der Waals surface area contributed by atoms with Crippen molar-refractivity contribution in [2.24, 2.45) is 5.92 Å². The third-order valence-electron chi connectivity index (χ3n) is 3.38. The number of aliphatic hydroxyl groups is 1. The van der Waals surface area contributed by atoms with E-state index in [1.54, 1.807) is 7.11 Å². The maximum atomic E-state index is 9.11. The molecular formula is C11H24N2O2. The first-order chi connectivity index (χ1) is 7.21. The fourth-order valence-corrected chi connectivity index (χ4v) is 2.12. The van der Waals surface area contributed by atoms with Crippen LogP contribution in [0.15, 0.2) is 0 Å². The number of nitrogens with one attached hydrogen (secondary N) is 1. The van der Waals surface area contributed by atoms with Crippen LogP contribution in [0.2, 0.25) is 0 Å². The minimum Gasteiger partial charge on any atom is -0.395 e. The first-order valence-electron chi connectivity index (χ1n) is 5.74. The number of methoxy groups -OCH3 is 1. The molecule has 0 saturated carbocycles. The zero-order valence-corrected chi connectivity index (χ0v) is 10.1. The first kappa shape index (κ1) is 12.9. The van der Waals surface area contributed by atoms with E-state index in [2.05, 4.69) is 17.1 Å². The van der Waals surface area contributed by atoms with Gasteiger partial charge in [-0.25, -0.2) is 0 Å². The van der Waals surface area contributed by atoms with Crippen LogP contribution in [-0.4, -0.2) is 62.6 Å². The highest BCUT2D eigenvalue weighted by molar-refractivity contribution is 4.81. The molecule has 4 heteroatoms. The molecule has 1 rings (SSSR count). The number of likely N-dealkylation sites (tertiary alicyclic amines) is 1. The van der Waals surface area contributed by atoms with Gasteiger partial charge in [0, 0.05) is 26.2 Å². The van der Waals surface area contributed by atoms with Crippen molar-refractivity contribution in [3.63, 3.8) is 0 Å². The van der Waals surface area contributed by atoms with E-state index in [-0.39, 0.29) is 12.6 Å². The predicted octanol–water partition coefficient (Wildman–Crippen LogP) is -0.0765. The van der Waals surface area contributed by atoms with Gasteiger partial charge in [0.25, 0.3) is 0 Å². The zero-order valence-electron chi connectivity index (χ0n) is 10.1. The molecule has 0 aliphatic carbocycles. The lowest BCUT2D eigenvalue weighted by Gasteiger charge is -2.37. The Hall–Kier alpha value is -0.160. The monoisotopic (exact) mass is 216 g/mol. The van der Waals surface area contributed by atoms with Crippen molar-refractivity contribution < 1.29 is 9.84 Å². The van der Waals surface area contributed by atoms with Crippen LogP contribution in [0.25, 0.3) is 0 Å². The lowest BCUT2D eigenvalue weighted by Crippen LogP contribution is -2.49. The number of ether oxygens (including phenoxy) is 1. The van der Waals surface area contributed by atoms with Crippen LogP contribution in [0.5, 0.6) is 0 Å². The van der Waals surface area contributed by atoms with Crippen molar-refractivity contribution in [2.75, 3.05) is 40.4 Å². The summed E-state index contributed by atoms with van der Waals surface area (Å²) in [5.74, 6) is 0.647. The van der Waals surface area contributed by atoms with Crippen LogP contribution in [0.4, 0.5) is 0 Å². The first-order valence-corrected chi connectivity index (χ1v) is 5.74. The largest absolute Gasteiger partial charge is 0.395 e. The number of piperidine rings is 1. The Kier molecular flexibility index (Phi) is 5.53. The topological polar surface area (TPSA) is 44.7 Å². The van der Waals surface area contributed by atoms with Gasteiger partial charge in [-0.2, -0.15) is 0 Å². The molecule has 1 aliphatic rings. The Morgan fingerprint density at radius 2 is 2.33 bits per heavy atom. The quantitative estimate of drug-likeness (QED) is 0.675. The second-order valence-electron chi connectivity index (χ2n) is 4.47. The third kappa shape index (κ3) is 3.72. The minimum atomic E-state index is 0.177. The molecule has 0 amide bonds. The average molecular weight is 216 g/mol. The van der Waals surface area contributed by atoms with Crippen molar-refractivity contribution >= 4 is 0 Å². The molecule has 1 fully saturated rings. The molecule has 90 valence electrons. The van der Waals surface area contributed by atoms with Crippen molar-refractivity contribution in [1.29, 1.82) is 0 Å². The van der Waals surface area contributed by atoms with Crippen molar-refractivity contribution in [2.45, 2.75) is 25.5 Å². The molecule has 3 unspecified atom stereocenters. The SMILES string of the molecule is CNC(CO)CN1CCC(C)C(OC)C1. The van der Waals surface area contributed by atoms with Crippen LogP contribution in [0.3, 0.4) is 0 Å². The molecule has 0 spiro atoms. The van der Waals surface area contributed by atoms with Gasteiger partial charge in [-0.3, -0.25) is 4.90 Å². The lowest BCUT2D eigenvalue weighted by molar-refractivity contribution is -0.00893. The highest BCUT2D eigenvalue weighted by atomic mass is 16.5. The van der Waals surface area contributed by atoms with Gasteiger partial charge in [-0.1, -0.05) is 6.92 Å². The predicted molar refractivity (Wildman–Crippen MR) is 61.0 cm³/mol. The third-order valence-corrected chi connectivity index (χ3v) is 3.38. The molecule has 4 nitrogen and oxygen atoms in total. The maximum absolute atomic E-state index is 9.11. The van der Waals surface area contributed by atoms with E-state index in [0.717, 1.165) is 19.6 Å². The molecule has 15 heavy (non-hydrogen) atoms. The van der Waals surface area contributed by atoms with Crippen LogP contribution in [0, 0.1) is 5.92 Å². The maximum Gasteiger partial charge on any atom is 0.0724 e. The summed E-state index contributed by atoms with van der Waals surface area (Å²) >= 11 is 0. The molecule has 0 bridgehead atoms. The van der Waals surface area contributed by atoms with Crippen LogP contribution < -0.4 is 5.32 Å². The smallest absolute Gasteiger partial charge is 0.0724 e. The summed E-state index contributed by atoms with van der Waals surface area (Å²) in [7, 11) is 3.67. The van der Waals surface area contributed by atoms with Crippen LogP contribution in [0.1, 0.15) is 13.3 Å². The van der Waals surface area contributed by atoms with E-state index >= 15 is 0 Å². The van der Waals surface area contributed by atoms with Crippen LogP contribution >= 0.6 is 0 Å². The molecule has 0 aromatic carbocycles. The number of hydrogen-bond donors (Lipinski definition) is 2. The average Bonchev–Trinajstić information content (AvgIpc) is 2.28. The lowest BCUT2D eigenvalue weighted by atomic mass is 9.95. The molecule has 1 saturated heterocycles. The summed E-state index contributed by atoms with van der Waals surface area (Å²) < 4.78 is 5.46. The Bertz CT molecular complexity index is 172. The molecular weight excluding hydrogens is 192 g/mol. The van der Waals surface area contributed by atoms with Crippen LogP contribution in [-0.2, 0) is 4.74 Å². The number of likely N-dealkylation sites (N-methyl/N-ethyl adjacent to an activating group) is 1. The molecule has 0 aromatic rings. The van der Waals surface area contributed by atoms with Gasteiger partial charge in [0.2, 0.25) is 0 Å². The summed E-state index contributed by atoms with van der Waals surface area (Å²) in [5, 5.41) is 12.2. The number of rotatable bonds is 5. The molecule has 2 N–H and O–H groups in total. The second-order valence-corrected chi connectivity index (χ2v) is 4.47. The van der Waals surface area contributed by atoms with Gasteiger partial charge in [-0.05, 0) is 25.9 Å². The molecule has 1 aliphatic heterocycles. The number of nitrogens with zero attached hydrogens (tertiary/aromatic N) is 1. The molecule has 1 heterocycles. The van der Waals surface area contributed by atoms with Gasteiger partial charge in [0.1, 0.15) is 0 Å². The fraction of sp³-hybridized carbons (Fsp3) is 1.00. The molecule has 0 aromatic heterocycles. The molecule has 3 atom stereocenters. The van der Waals surface area contributed by atoms with E-state index in [1.807, 2.05) is 7.05 Å². The van der Waals surface area contributed by atoms with Crippen molar-refractivity contribution in [3.8, 4) is 0 Å². The Morgan fingerprint density at radius 1 is 1.60 bits per heavy atom. The summed E-state index contributed by atoms with van der Waals surface area (Å²) in [6.45, 7) is 5.43.